The maximum Gasteiger partial charge on any atom is 0.330 e. The molecule has 3 aliphatic rings. The molecule has 0 amide bonds. The maximum atomic E-state index is 13.8. The predicted molar refractivity (Wildman–Crippen MR) is 312 cm³/mol. The number of allylic oxidation sites excluding steroid dienone is 1. The topological polar surface area (TPSA) is 301 Å². The van der Waals surface area contributed by atoms with Crippen LogP contribution >= 0.6 is 23.5 Å². The van der Waals surface area contributed by atoms with Crippen molar-refractivity contribution in [2.24, 2.45) is 23.7 Å². The summed E-state index contributed by atoms with van der Waals surface area (Å²) in [7, 11) is 0. The molecule has 2 atom stereocenters. The lowest BCUT2D eigenvalue weighted by atomic mass is 9.79. The zero-order valence-corrected chi connectivity index (χ0v) is 50.3. The highest BCUT2D eigenvalue weighted by atomic mass is 32.2. The van der Waals surface area contributed by atoms with Crippen molar-refractivity contribution < 1.29 is 90.6 Å². The van der Waals surface area contributed by atoms with Crippen molar-refractivity contribution >= 4 is 83.0 Å². The van der Waals surface area contributed by atoms with Gasteiger partial charge in [0, 0.05) is 37.3 Å². The molecule has 0 aromatic heterocycles. The molecule has 1 aliphatic heterocycles. The summed E-state index contributed by atoms with van der Waals surface area (Å²) in [5, 5.41) is 19.5. The molecule has 2 saturated carbocycles. The Hall–Kier alpha value is -8.54. The van der Waals surface area contributed by atoms with Crippen LogP contribution in [0.5, 0.6) is 17.2 Å². The fourth-order valence-corrected chi connectivity index (χ4v) is 12.0. The van der Waals surface area contributed by atoms with Gasteiger partial charge < -0.3 is 42.6 Å². The number of esters is 9. The largest absolute Gasteiger partial charge is 0.465 e. The Labute approximate surface area is 512 Å². The molecule has 6 rings (SSSR count). The zero-order valence-electron chi connectivity index (χ0n) is 48.6. The second-order valence-corrected chi connectivity index (χ2v) is 23.2. The summed E-state index contributed by atoms with van der Waals surface area (Å²) in [4.78, 5) is 126. The van der Waals surface area contributed by atoms with Crippen molar-refractivity contribution in [2.75, 3.05) is 26.4 Å². The number of nitrogens with zero attached hydrogens (tertiary/aromatic N) is 2. The van der Waals surface area contributed by atoms with Gasteiger partial charge in [0.2, 0.25) is 0 Å². The number of carbonyl (C=O) groups excluding carboxylic acids is 10. The molecule has 21 nitrogen and oxygen atoms in total. The van der Waals surface area contributed by atoms with E-state index in [1.165, 1.54) is 0 Å². The van der Waals surface area contributed by atoms with E-state index in [1.807, 2.05) is 36.4 Å². The Morgan fingerprint density at radius 2 is 0.954 bits per heavy atom. The van der Waals surface area contributed by atoms with Crippen molar-refractivity contribution in [1.29, 1.82) is 10.5 Å². The summed E-state index contributed by atoms with van der Waals surface area (Å²) in [6.07, 6.45) is 4.10. The van der Waals surface area contributed by atoms with Gasteiger partial charge in [0.05, 0.1) is 70.7 Å². The summed E-state index contributed by atoms with van der Waals surface area (Å²) < 4.78 is 48.5. The summed E-state index contributed by atoms with van der Waals surface area (Å²) in [5.74, 6) is -6.17. The molecule has 3 aromatic carbocycles. The molecule has 87 heavy (non-hydrogen) atoms. The van der Waals surface area contributed by atoms with Crippen LogP contribution in [0.15, 0.2) is 99.5 Å². The molecule has 0 bridgehead atoms. The monoisotopic (exact) mass is 1230 g/mol. The smallest absolute Gasteiger partial charge is 0.330 e. The number of thioether (sulfide) groups is 2. The first-order valence-electron chi connectivity index (χ1n) is 28.5. The number of fused-ring (bicyclic) bond motifs is 1. The minimum atomic E-state index is -0.673. The molecular weight excluding hydrogens is 1160 g/mol. The van der Waals surface area contributed by atoms with Gasteiger partial charge in [0.15, 0.2) is 0 Å². The van der Waals surface area contributed by atoms with Crippen LogP contribution in [0.4, 0.5) is 0 Å². The number of benzene rings is 3. The van der Waals surface area contributed by atoms with E-state index >= 15 is 0 Å². The van der Waals surface area contributed by atoms with Gasteiger partial charge in [-0.05, 0) is 113 Å². The van der Waals surface area contributed by atoms with E-state index in [2.05, 4.69) is 13.2 Å². The minimum Gasteiger partial charge on any atom is -0.465 e. The number of rotatable bonds is 29. The Morgan fingerprint density at radius 3 is 1.41 bits per heavy atom. The number of carbonyl (C=O) groups is 10. The van der Waals surface area contributed by atoms with E-state index in [9.17, 15) is 58.5 Å². The lowest BCUT2D eigenvalue weighted by Gasteiger charge is -2.27. The summed E-state index contributed by atoms with van der Waals surface area (Å²) in [6, 6.07) is 19.5. The molecule has 2 aliphatic carbocycles. The van der Waals surface area contributed by atoms with E-state index in [4.69, 9.17) is 42.6 Å². The van der Waals surface area contributed by atoms with Crippen molar-refractivity contribution in [3.8, 4) is 29.4 Å². The highest BCUT2D eigenvalue weighted by Crippen LogP contribution is 2.60. The highest BCUT2D eigenvalue weighted by Gasteiger charge is 2.37. The number of hydrogen-bond donors (Lipinski definition) is 0. The minimum absolute atomic E-state index is 0.0507. The number of aryl methyl sites for hydroxylation is 1. The molecule has 1 heterocycles. The number of hydrogen-bond acceptors (Lipinski definition) is 23. The van der Waals surface area contributed by atoms with Crippen molar-refractivity contribution in [3.05, 3.63) is 112 Å². The number of nitriles is 2. The standard InChI is InChI=1S/C64H68N2O19S2/c1-6-52(68)81-39(4)36-79-56(72)26-24-54(70)77-30-28-41-8-10-43(11-9-41)33-50(67)44-14-16-46(17-15-44)62(75)84-51-32-38(3)58(60-59(51)86-64(87-60)48(34-65)35-66)85-63(76)47-20-18-45(19-21-47)61(74)83-49-22-12-42(13-23-49)29-31-78-55(71)25-27-57(73)80-37-40(5)82-53(69)7-2/h6-13,22-23,32,39-40,44-47H,1-2,14-21,24-31,33,36-37H2,3-5H3. The number of Topliss-reactive ketones (excluding diaryl/α,β-unsaturated/α-hetero) is 1. The molecule has 460 valence electrons. The molecular formula is C64H68N2O19S2. The quantitative estimate of drug-likeness (QED) is 0.0205. The first-order chi connectivity index (χ1) is 41.7. The molecule has 0 saturated heterocycles. The van der Waals surface area contributed by atoms with Gasteiger partial charge in [-0.15, -0.1) is 0 Å². The van der Waals surface area contributed by atoms with E-state index < -0.39 is 83.7 Å². The molecule has 23 heteroatoms. The third-order valence-electron chi connectivity index (χ3n) is 14.3. The fraction of sp³-hybridized carbons (Fsp3) is 0.438. The van der Waals surface area contributed by atoms with Crippen LogP contribution in [0.1, 0.15) is 113 Å². The SMILES string of the molecule is C=CC(=O)OC(C)COC(=O)CCC(=O)OCCc1ccc(CC(=O)C2CCC(C(=O)Oc3cc(C)c(OC(=O)C4CCC(C(=O)Oc5ccc(CCOC(=O)CCC(=O)OCC(C)OC(=O)C=C)cc5)CC4)c4c3SC(=C(C#N)C#N)S4)CC2)cc1. The second kappa shape index (κ2) is 34.0. The second-order valence-electron chi connectivity index (χ2n) is 20.9. The van der Waals surface area contributed by atoms with Crippen LogP contribution in [0.25, 0.3) is 0 Å². The van der Waals surface area contributed by atoms with Crippen molar-refractivity contribution in [2.45, 2.75) is 139 Å². The van der Waals surface area contributed by atoms with Gasteiger partial charge in [-0.25, -0.2) is 9.59 Å². The Bertz CT molecular complexity index is 3160. The lowest BCUT2D eigenvalue weighted by molar-refractivity contribution is -0.156. The van der Waals surface area contributed by atoms with Gasteiger partial charge in [-0.2, -0.15) is 10.5 Å². The van der Waals surface area contributed by atoms with E-state index in [0.29, 0.717) is 89.5 Å². The predicted octanol–water partition coefficient (Wildman–Crippen LogP) is 9.35. The molecule has 0 radical (unpaired) electrons. The van der Waals surface area contributed by atoms with Gasteiger partial charge in [-0.3, -0.25) is 38.4 Å². The Morgan fingerprint density at radius 1 is 0.552 bits per heavy atom. The maximum absolute atomic E-state index is 13.8. The van der Waals surface area contributed by atoms with Crippen LogP contribution in [-0.4, -0.2) is 98.1 Å². The summed E-state index contributed by atoms with van der Waals surface area (Å²) >= 11 is 2.15. The highest BCUT2D eigenvalue weighted by molar-refractivity contribution is 8.24. The van der Waals surface area contributed by atoms with Crippen LogP contribution in [-0.2, 0) is 95.6 Å². The zero-order chi connectivity index (χ0) is 63.0. The summed E-state index contributed by atoms with van der Waals surface area (Å²) in [6.45, 7) is 11.2. The van der Waals surface area contributed by atoms with Crippen LogP contribution in [0, 0.1) is 53.3 Å². The molecule has 2 unspecified atom stereocenters. The normalized spacial score (nSPS) is 17.4. The molecule has 2 fully saturated rings. The lowest BCUT2D eigenvalue weighted by Crippen LogP contribution is -2.30. The van der Waals surface area contributed by atoms with Crippen molar-refractivity contribution in [3.63, 3.8) is 0 Å². The summed E-state index contributed by atoms with van der Waals surface area (Å²) in [5.41, 5.74) is 2.82. The average Bonchev–Trinajstić information content (AvgIpc) is 1.85. The number of ether oxygens (including phenoxy) is 9. The van der Waals surface area contributed by atoms with Crippen LogP contribution < -0.4 is 14.2 Å². The van der Waals surface area contributed by atoms with Gasteiger partial charge in [0.1, 0.15) is 66.2 Å². The van der Waals surface area contributed by atoms with Gasteiger partial charge in [0.25, 0.3) is 0 Å². The number of ketones is 1. The third kappa shape index (κ3) is 21.4. The first-order valence-corrected chi connectivity index (χ1v) is 30.1. The van der Waals surface area contributed by atoms with E-state index in [1.54, 1.807) is 51.1 Å². The van der Waals surface area contributed by atoms with Crippen molar-refractivity contribution in [1.82, 2.24) is 0 Å². The first kappa shape index (κ1) is 67.6. The van der Waals surface area contributed by atoms with E-state index in [-0.39, 0.29) is 87.3 Å². The van der Waals surface area contributed by atoms with Gasteiger partial charge >= 0.3 is 53.7 Å². The third-order valence-corrected chi connectivity index (χ3v) is 16.9. The van der Waals surface area contributed by atoms with Gasteiger partial charge in [-0.1, -0.05) is 73.1 Å². The average molecular weight is 1230 g/mol. The fourth-order valence-electron chi connectivity index (χ4n) is 9.47. The van der Waals surface area contributed by atoms with Crippen LogP contribution in [0.2, 0.25) is 0 Å². The Balaban J connectivity index is 0.915. The molecule has 0 N–H and O–H groups in total. The molecule has 3 aromatic rings. The van der Waals surface area contributed by atoms with Crippen LogP contribution in [0.3, 0.4) is 0 Å². The Kier molecular flexibility index (Phi) is 26.4. The van der Waals surface area contributed by atoms with E-state index in [0.717, 1.165) is 52.4 Å². The molecule has 0 spiro atoms.